The second-order valence-electron chi connectivity index (χ2n) is 8.09. The largest absolute Gasteiger partial charge is 0.488 e. The Bertz CT molecular complexity index is 1160. The maximum absolute atomic E-state index is 12.8. The first-order valence-electron chi connectivity index (χ1n) is 10.2. The molecule has 3 aliphatic rings. The van der Waals surface area contributed by atoms with E-state index in [-0.39, 0.29) is 53.3 Å². The maximum atomic E-state index is 12.8. The van der Waals surface area contributed by atoms with E-state index in [1.807, 2.05) is 24.3 Å². The number of carbonyl (C=O) groups is 2. The van der Waals surface area contributed by atoms with E-state index in [0.717, 1.165) is 17.0 Å². The van der Waals surface area contributed by atoms with Crippen molar-refractivity contribution >= 4 is 35.3 Å². The summed E-state index contributed by atoms with van der Waals surface area (Å²) in [5.74, 6) is -0.899. The molecule has 162 valence electrons. The summed E-state index contributed by atoms with van der Waals surface area (Å²) in [6.07, 6.45) is 6.10. The first-order valence-corrected chi connectivity index (χ1v) is 10.6. The molecule has 2 fully saturated rings. The summed E-state index contributed by atoms with van der Waals surface area (Å²) in [5.41, 5.74) is 0.871. The van der Waals surface area contributed by atoms with Crippen molar-refractivity contribution in [2.24, 2.45) is 28.8 Å². The molecule has 0 N–H and O–H groups in total. The second kappa shape index (κ2) is 7.87. The van der Waals surface area contributed by atoms with Crippen LogP contribution < -0.4 is 4.74 Å². The molecular weight excluding hydrogens is 434 g/mol. The van der Waals surface area contributed by atoms with Gasteiger partial charge in [0.1, 0.15) is 12.4 Å². The molecular formula is C23H18ClN3O5. The van der Waals surface area contributed by atoms with Gasteiger partial charge in [-0.15, -0.1) is 0 Å². The number of amides is 2. The minimum absolute atomic E-state index is 0.0778. The SMILES string of the molecule is O=C1C2C3C=CC(C3)C2C(=O)N1N=Cc1cc([N+](=O)[O-])ccc1OCc1ccccc1Cl. The summed E-state index contributed by atoms with van der Waals surface area (Å²) in [6.45, 7) is 0.138. The van der Waals surface area contributed by atoms with Gasteiger partial charge in [-0.1, -0.05) is 42.0 Å². The maximum Gasteiger partial charge on any atom is 0.270 e. The third kappa shape index (κ3) is 3.36. The zero-order chi connectivity index (χ0) is 22.4. The lowest BCUT2D eigenvalue weighted by atomic mass is 9.85. The number of ether oxygens (including phenoxy) is 1. The van der Waals surface area contributed by atoms with Crippen molar-refractivity contribution in [1.82, 2.24) is 5.01 Å². The van der Waals surface area contributed by atoms with Gasteiger partial charge >= 0.3 is 0 Å². The monoisotopic (exact) mass is 451 g/mol. The van der Waals surface area contributed by atoms with Crippen molar-refractivity contribution in [1.29, 1.82) is 0 Å². The fourth-order valence-corrected chi connectivity index (χ4v) is 4.96. The van der Waals surface area contributed by atoms with Crippen molar-refractivity contribution in [2.45, 2.75) is 13.0 Å². The topological polar surface area (TPSA) is 102 Å². The van der Waals surface area contributed by atoms with E-state index in [0.29, 0.717) is 10.8 Å². The number of nitrogens with zero attached hydrogens (tertiary/aromatic N) is 3. The van der Waals surface area contributed by atoms with Crippen LogP contribution in [0.5, 0.6) is 5.75 Å². The Morgan fingerprint density at radius 2 is 1.81 bits per heavy atom. The highest BCUT2D eigenvalue weighted by molar-refractivity contribution is 6.31. The number of hydrogen-bond donors (Lipinski definition) is 0. The van der Waals surface area contributed by atoms with Crippen molar-refractivity contribution in [3.05, 3.63) is 80.9 Å². The standard InChI is InChI=1S/C23H18ClN3O5/c24-18-4-2-1-3-15(18)12-32-19-8-7-17(27(30)31)10-16(19)11-25-26-22(28)20-13-5-6-14(9-13)21(20)23(26)29/h1-8,10-11,13-14,20-21H,9,12H2. The number of nitro benzene ring substituents is 1. The van der Waals surface area contributed by atoms with Crippen LogP contribution in [0.2, 0.25) is 5.02 Å². The molecule has 0 spiro atoms. The Balaban J connectivity index is 1.41. The summed E-state index contributed by atoms with van der Waals surface area (Å²) >= 11 is 6.17. The number of nitro groups is 1. The lowest BCUT2D eigenvalue weighted by Gasteiger charge is -2.13. The van der Waals surface area contributed by atoms with Crippen molar-refractivity contribution in [3.63, 3.8) is 0 Å². The van der Waals surface area contributed by atoms with Gasteiger partial charge in [0.2, 0.25) is 0 Å². The molecule has 8 nitrogen and oxygen atoms in total. The predicted molar refractivity (Wildman–Crippen MR) is 116 cm³/mol. The third-order valence-corrected chi connectivity index (χ3v) is 6.67. The Hall–Kier alpha value is -3.52. The zero-order valence-electron chi connectivity index (χ0n) is 16.8. The Kier molecular flexibility index (Phi) is 5.01. The van der Waals surface area contributed by atoms with E-state index in [1.54, 1.807) is 12.1 Å². The molecule has 2 aliphatic carbocycles. The Morgan fingerprint density at radius 1 is 1.12 bits per heavy atom. The number of imide groups is 1. The zero-order valence-corrected chi connectivity index (χ0v) is 17.5. The summed E-state index contributed by atoms with van der Waals surface area (Å²) in [6, 6.07) is 11.2. The van der Waals surface area contributed by atoms with Gasteiger partial charge in [-0.05, 0) is 30.4 Å². The summed E-state index contributed by atoms with van der Waals surface area (Å²) in [7, 11) is 0. The molecule has 5 rings (SSSR count). The number of fused-ring (bicyclic) bond motifs is 5. The van der Waals surface area contributed by atoms with E-state index in [1.165, 1.54) is 24.4 Å². The minimum atomic E-state index is -0.533. The van der Waals surface area contributed by atoms with Crippen LogP contribution in [-0.4, -0.2) is 28.0 Å². The number of carbonyl (C=O) groups excluding carboxylic acids is 2. The van der Waals surface area contributed by atoms with E-state index in [4.69, 9.17) is 16.3 Å². The molecule has 4 atom stereocenters. The fraction of sp³-hybridized carbons (Fsp3) is 0.261. The van der Waals surface area contributed by atoms with E-state index >= 15 is 0 Å². The molecule has 2 amide bonds. The predicted octanol–water partition coefficient (Wildman–Crippen LogP) is 3.97. The lowest BCUT2D eigenvalue weighted by Crippen LogP contribution is -2.28. The van der Waals surface area contributed by atoms with Gasteiger partial charge in [0.25, 0.3) is 17.5 Å². The van der Waals surface area contributed by atoms with Crippen molar-refractivity contribution < 1.29 is 19.2 Å². The summed E-state index contributed by atoms with van der Waals surface area (Å²) in [5, 5.41) is 16.8. The summed E-state index contributed by atoms with van der Waals surface area (Å²) < 4.78 is 5.83. The second-order valence-corrected chi connectivity index (χ2v) is 8.50. The smallest absolute Gasteiger partial charge is 0.270 e. The molecule has 2 aromatic rings. The molecule has 1 saturated heterocycles. The average Bonchev–Trinajstić information content (AvgIpc) is 3.46. The van der Waals surface area contributed by atoms with E-state index < -0.39 is 4.92 Å². The van der Waals surface area contributed by atoms with Crippen LogP contribution >= 0.6 is 11.6 Å². The van der Waals surface area contributed by atoms with Crippen LogP contribution in [-0.2, 0) is 16.2 Å². The highest BCUT2D eigenvalue weighted by atomic mass is 35.5. The normalized spacial score (nSPS) is 25.7. The van der Waals surface area contributed by atoms with Crippen LogP contribution in [0.4, 0.5) is 5.69 Å². The minimum Gasteiger partial charge on any atom is -0.488 e. The molecule has 2 aromatic carbocycles. The molecule has 0 radical (unpaired) electrons. The van der Waals surface area contributed by atoms with Crippen LogP contribution in [0.15, 0.2) is 59.7 Å². The van der Waals surface area contributed by atoms with Gasteiger partial charge in [-0.3, -0.25) is 19.7 Å². The molecule has 4 unspecified atom stereocenters. The average molecular weight is 452 g/mol. The van der Waals surface area contributed by atoms with E-state index in [2.05, 4.69) is 5.10 Å². The van der Waals surface area contributed by atoms with Gasteiger partial charge in [-0.25, -0.2) is 0 Å². The van der Waals surface area contributed by atoms with Crippen molar-refractivity contribution in [3.8, 4) is 5.75 Å². The Morgan fingerprint density at radius 3 is 2.47 bits per heavy atom. The quantitative estimate of drug-likeness (QED) is 0.217. The number of rotatable bonds is 6. The highest BCUT2D eigenvalue weighted by Gasteiger charge is 2.59. The first-order chi connectivity index (χ1) is 15.4. The Labute approximate surface area is 188 Å². The van der Waals surface area contributed by atoms with E-state index in [9.17, 15) is 19.7 Å². The number of hydrazone groups is 1. The van der Waals surface area contributed by atoms with Gasteiger partial charge in [-0.2, -0.15) is 10.1 Å². The van der Waals surface area contributed by atoms with Gasteiger partial charge in [0, 0.05) is 28.3 Å². The van der Waals surface area contributed by atoms with Gasteiger partial charge < -0.3 is 4.74 Å². The number of halogens is 1. The lowest BCUT2D eigenvalue weighted by molar-refractivity contribution is -0.384. The molecule has 9 heteroatoms. The first kappa shape index (κ1) is 20.4. The fourth-order valence-electron chi connectivity index (χ4n) is 4.77. The molecule has 0 aromatic heterocycles. The van der Waals surface area contributed by atoms with Gasteiger partial charge in [0.15, 0.2) is 0 Å². The molecule has 1 aliphatic heterocycles. The molecule has 1 saturated carbocycles. The number of hydrogen-bond acceptors (Lipinski definition) is 6. The highest BCUT2D eigenvalue weighted by Crippen LogP contribution is 2.52. The third-order valence-electron chi connectivity index (χ3n) is 6.30. The molecule has 1 heterocycles. The van der Waals surface area contributed by atoms with Crippen LogP contribution in [0.1, 0.15) is 17.5 Å². The van der Waals surface area contributed by atoms with Crippen LogP contribution in [0, 0.1) is 33.8 Å². The number of non-ortho nitro benzene ring substituents is 1. The van der Waals surface area contributed by atoms with Crippen LogP contribution in [0.25, 0.3) is 0 Å². The number of benzene rings is 2. The molecule has 32 heavy (non-hydrogen) atoms. The molecule has 2 bridgehead atoms. The number of allylic oxidation sites excluding steroid dienone is 2. The summed E-state index contributed by atoms with van der Waals surface area (Å²) in [4.78, 5) is 36.3. The van der Waals surface area contributed by atoms with Gasteiger partial charge in [0.05, 0.1) is 23.0 Å². The van der Waals surface area contributed by atoms with Crippen LogP contribution in [0.3, 0.4) is 0 Å². The van der Waals surface area contributed by atoms with Crippen molar-refractivity contribution in [2.75, 3.05) is 0 Å².